The molecule has 5 nitrogen and oxygen atoms in total. The van der Waals surface area contributed by atoms with Crippen LogP contribution in [0.1, 0.15) is 37.3 Å². The molecule has 1 heterocycles. The first kappa shape index (κ1) is 19.7. The molecule has 2 N–H and O–H groups in total. The Hall–Kier alpha value is -1.59. The lowest BCUT2D eigenvalue weighted by molar-refractivity contribution is -0.149. The number of rotatable bonds is 5. The maximum absolute atomic E-state index is 12.5. The minimum atomic E-state index is -0.694. The summed E-state index contributed by atoms with van der Waals surface area (Å²) in [6.45, 7) is 5.63. The van der Waals surface area contributed by atoms with Crippen molar-refractivity contribution in [2.24, 2.45) is 11.3 Å². The van der Waals surface area contributed by atoms with Crippen molar-refractivity contribution in [3.63, 3.8) is 0 Å². The maximum Gasteiger partial charge on any atom is 0.311 e. The lowest BCUT2D eigenvalue weighted by atomic mass is 9.81. The predicted molar refractivity (Wildman–Crippen MR) is 98.7 cm³/mol. The molecule has 2 fully saturated rings. The molecule has 0 aromatic heterocycles. The lowest BCUT2D eigenvalue weighted by Gasteiger charge is -2.26. The molecule has 1 aromatic carbocycles. The molecule has 25 heavy (non-hydrogen) atoms. The standard InChI is InChI=1S/C19H26N2O3.ClH/c1-13-6-3-4-7-15(13)10-20-17(22)14(2)21-11-16-8-5-9-19(16,12-21)18(23)24;/h3-4,6-7,14,16H,5,8-12H2,1-2H3,(H,20,22)(H,23,24);1H/t14?,16-,19+;/m0./s1. The van der Waals surface area contributed by atoms with Gasteiger partial charge < -0.3 is 10.4 Å². The fourth-order valence-corrected chi connectivity index (χ4v) is 4.28. The van der Waals surface area contributed by atoms with Crippen LogP contribution >= 0.6 is 12.4 Å². The topological polar surface area (TPSA) is 69.6 Å². The van der Waals surface area contributed by atoms with Crippen molar-refractivity contribution >= 4 is 24.3 Å². The summed E-state index contributed by atoms with van der Waals surface area (Å²) in [5.74, 6) is -0.541. The van der Waals surface area contributed by atoms with E-state index in [9.17, 15) is 14.7 Å². The quantitative estimate of drug-likeness (QED) is 0.840. The molecule has 1 saturated carbocycles. The van der Waals surface area contributed by atoms with Crippen LogP contribution in [0.25, 0.3) is 0 Å². The van der Waals surface area contributed by atoms with Crippen LogP contribution in [0.15, 0.2) is 24.3 Å². The Morgan fingerprint density at radius 1 is 1.40 bits per heavy atom. The van der Waals surface area contributed by atoms with E-state index in [0.717, 1.165) is 30.4 Å². The Labute approximate surface area is 155 Å². The number of carboxylic acids is 1. The number of benzene rings is 1. The molecule has 1 aromatic rings. The molecule has 0 bridgehead atoms. The first-order valence-electron chi connectivity index (χ1n) is 8.74. The van der Waals surface area contributed by atoms with E-state index in [1.165, 1.54) is 0 Å². The molecule has 6 heteroatoms. The highest BCUT2D eigenvalue weighted by Crippen LogP contribution is 2.49. The summed E-state index contributed by atoms with van der Waals surface area (Å²) in [7, 11) is 0. The highest BCUT2D eigenvalue weighted by molar-refractivity contribution is 5.85. The number of aryl methyl sites for hydroxylation is 1. The number of amides is 1. The zero-order chi connectivity index (χ0) is 17.3. The number of carbonyl (C=O) groups excluding carboxylic acids is 1. The number of likely N-dealkylation sites (tertiary alicyclic amines) is 1. The molecule has 3 rings (SSSR count). The molecule has 3 atom stereocenters. The van der Waals surface area contributed by atoms with Gasteiger partial charge in [0.1, 0.15) is 0 Å². The van der Waals surface area contributed by atoms with E-state index < -0.39 is 11.4 Å². The minimum Gasteiger partial charge on any atom is -0.481 e. The van der Waals surface area contributed by atoms with E-state index in [1.807, 2.05) is 43.0 Å². The fourth-order valence-electron chi connectivity index (χ4n) is 4.28. The van der Waals surface area contributed by atoms with Crippen molar-refractivity contribution in [1.29, 1.82) is 0 Å². The number of nitrogens with one attached hydrogen (secondary N) is 1. The van der Waals surface area contributed by atoms with Gasteiger partial charge in [0.15, 0.2) is 0 Å². The summed E-state index contributed by atoms with van der Waals surface area (Å²) < 4.78 is 0. The number of carbonyl (C=O) groups is 2. The second-order valence-electron chi connectivity index (χ2n) is 7.30. The van der Waals surface area contributed by atoms with Crippen LogP contribution in [0.4, 0.5) is 0 Å². The fraction of sp³-hybridized carbons (Fsp3) is 0.579. The van der Waals surface area contributed by atoms with Crippen LogP contribution in [0.2, 0.25) is 0 Å². The number of hydrogen-bond acceptors (Lipinski definition) is 3. The van der Waals surface area contributed by atoms with Gasteiger partial charge in [0.25, 0.3) is 0 Å². The van der Waals surface area contributed by atoms with Crippen LogP contribution in [-0.2, 0) is 16.1 Å². The number of halogens is 1. The van der Waals surface area contributed by atoms with Crippen LogP contribution in [-0.4, -0.2) is 41.0 Å². The average Bonchev–Trinajstić information content (AvgIpc) is 3.11. The first-order valence-corrected chi connectivity index (χ1v) is 8.74. The maximum atomic E-state index is 12.5. The number of fused-ring (bicyclic) bond motifs is 1. The average molecular weight is 367 g/mol. The molecular formula is C19H27ClN2O3. The third-order valence-electron chi connectivity index (χ3n) is 5.96. The van der Waals surface area contributed by atoms with Crippen LogP contribution in [0.3, 0.4) is 0 Å². The van der Waals surface area contributed by atoms with Gasteiger partial charge >= 0.3 is 5.97 Å². The van der Waals surface area contributed by atoms with E-state index in [4.69, 9.17) is 0 Å². The normalized spacial score (nSPS) is 26.6. The first-order chi connectivity index (χ1) is 11.4. The Kier molecular flexibility index (Phi) is 6.12. The second-order valence-corrected chi connectivity index (χ2v) is 7.30. The van der Waals surface area contributed by atoms with Crippen LogP contribution in [0, 0.1) is 18.3 Å². The van der Waals surface area contributed by atoms with Gasteiger partial charge in [0.05, 0.1) is 11.5 Å². The van der Waals surface area contributed by atoms with E-state index >= 15 is 0 Å². The van der Waals surface area contributed by atoms with Gasteiger partial charge in [0, 0.05) is 19.6 Å². The van der Waals surface area contributed by atoms with Gasteiger partial charge in [-0.1, -0.05) is 30.7 Å². The summed E-state index contributed by atoms with van der Waals surface area (Å²) in [6.07, 6.45) is 2.68. The highest BCUT2D eigenvalue weighted by Gasteiger charge is 2.55. The minimum absolute atomic E-state index is 0. The Morgan fingerprint density at radius 2 is 2.12 bits per heavy atom. The van der Waals surface area contributed by atoms with Crippen LogP contribution in [0.5, 0.6) is 0 Å². The second kappa shape index (κ2) is 7.75. The molecule has 1 aliphatic carbocycles. The van der Waals surface area contributed by atoms with Gasteiger partial charge in [-0.15, -0.1) is 12.4 Å². The molecule has 138 valence electrons. The molecule has 1 saturated heterocycles. The van der Waals surface area contributed by atoms with Crippen molar-refractivity contribution < 1.29 is 14.7 Å². The molecule has 1 aliphatic heterocycles. The number of nitrogens with zero attached hydrogens (tertiary/aromatic N) is 1. The van der Waals surface area contributed by atoms with Crippen LogP contribution < -0.4 is 5.32 Å². The monoisotopic (exact) mass is 366 g/mol. The van der Waals surface area contributed by atoms with Crippen molar-refractivity contribution in [1.82, 2.24) is 10.2 Å². The smallest absolute Gasteiger partial charge is 0.311 e. The Balaban J connectivity index is 0.00000225. The molecule has 0 radical (unpaired) electrons. The zero-order valence-corrected chi connectivity index (χ0v) is 15.6. The summed E-state index contributed by atoms with van der Waals surface area (Å²) >= 11 is 0. The van der Waals surface area contributed by atoms with Crippen molar-refractivity contribution in [2.45, 2.75) is 45.7 Å². The number of hydrogen-bond donors (Lipinski definition) is 2. The third-order valence-corrected chi connectivity index (χ3v) is 5.96. The van der Waals surface area contributed by atoms with E-state index in [2.05, 4.69) is 5.32 Å². The lowest BCUT2D eigenvalue weighted by Crippen LogP contribution is -2.45. The van der Waals surface area contributed by atoms with Crippen molar-refractivity contribution in [3.05, 3.63) is 35.4 Å². The third kappa shape index (κ3) is 3.67. The Morgan fingerprint density at radius 3 is 2.76 bits per heavy atom. The Bertz CT molecular complexity index is 651. The van der Waals surface area contributed by atoms with E-state index in [0.29, 0.717) is 19.6 Å². The molecular weight excluding hydrogens is 340 g/mol. The van der Waals surface area contributed by atoms with Gasteiger partial charge in [-0.05, 0) is 43.7 Å². The number of aliphatic carboxylic acids is 1. The van der Waals surface area contributed by atoms with Crippen molar-refractivity contribution in [3.8, 4) is 0 Å². The van der Waals surface area contributed by atoms with Crippen molar-refractivity contribution in [2.75, 3.05) is 13.1 Å². The predicted octanol–water partition coefficient (Wildman–Crippen LogP) is 2.61. The molecule has 1 amide bonds. The number of carboxylic acid groups (broad SMARTS) is 1. The van der Waals surface area contributed by atoms with Gasteiger partial charge in [-0.25, -0.2) is 0 Å². The zero-order valence-electron chi connectivity index (χ0n) is 14.8. The van der Waals surface area contributed by atoms with E-state index in [-0.39, 0.29) is 30.3 Å². The SMILES string of the molecule is Cc1ccccc1CNC(=O)C(C)N1C[C@@H]2CCC[C@@]2(C(=O)O)C1.Cl. The summed E-state index contributed by atoms with van der Waals surface area (Å²) in [4.78, 5) is 26.3. The molecule has 2 aliphatic rings. The summed E-state index contributed by atoms with van der Waals surface area (Å²) in [5, 5.41) is 12.7. The highest BCUT2D eigenvalue weighted by atomic mass is 35.5. The summed E-state index contributed by atoms with van der Waals surface area (Å²) in [5.41, 5.74) is 1.63. The molecule has 1 unspecified atom stereocenters. The molecule has 0 spiro atoms. The van der Waals surface area contributed by atoms with Gasteiger partial charge in [0.2, 0.25) is 5.91 Å². The van der Waals surface area contributed by atoms with Gasteiger partial charge in [-0.2, -0.15) is 0 Å². The largest absolute Gasteiger partial charge is 0.481 e. The van der Waals surface area contributed by atoms with E-state index in [1.54, 1.807) is 0 Å². The summed E-state index contributed by atoms with van der Waals surface area (Å²) in [6, 6.07) is 7.70. The van der Waals surface area contributed by atoms with Gasteiger partial charge in [-0.3, -0.25) is 14.5 Å².